The van der Waals surface area contributed by atoms with Crippen LogP contribution in [-0.4, -0.2) is 4.98 Å². The van der Waals surface area contributed by atoms with Gasteiger partial charge in [0.1, 0.15) is 4.64 Å². The molecule has 1 aromatic carbocycles. The van der Waals surface area contributed by atoms with E-state index in [1.165, 1.54) is 10.9 Å². The number of H-pyrrole nitrogens is 1. The van der Waals surface area contributed by atoms with Crippen LogP contribution in [0.4, 0.5) is 0 Å². The number of hydrogen-bond acceptors (Lipinski definition) is 1. The van der Waals surface area contributed by atoms with E-state index in [0.29, 0.717) is 0 Å². The minimum atomic E-state index is 0.813. The first-order valence-electron chi connectivity index (χ1n) is 4.85. The summed E-state index contributed by atoms with van der Waals surface area (Å²) in [5, 5.41) is 2.33. The highest BCUT2D eigenvalue weighted by molar-refractivity contribution is 7.71. The highest BCUT2D eigenvalue weighted by atomic mass is 32.1. The number of aromatic amines is 1. The maximum Gasteiger partial charge on any atom is 0.111 e. The van der Waals surface area contributed by atoms with Crippen molar-refractivity contribution in [2.45, 2.75) is 20.8 Å². The summed E-state index contributed by atoms with van der Waals surface area (Å²) < 4.78 is 0.813. The van der Waals surface area contributed by atoms with Crippen molar-refractivity contribution in [3.8, 4) is 0 Å². The molecule has 0 radical (unpaired) electrons. The molecule has 1 N–H and O–H groups in total. The molecule has 0 spiro atoms. The van der Waals surface area contributed by atoms with E-state index in [2.05, 4.69) is 30.1 Å². The van der Waals surface area contributed by atoms with Crippen molar-refractivity contribution in [2.75, 3.05) is 0 Å². The molecule has 2 rings (SSSR count). The van der Waals surface area contributed by atoms with Crippen LogP contribution in [0.5, 0.6) is 0 Å². The van der Waals surface area contributed by atoms with Crippen LogP contribution in [0.1, 0.15) is 19.4 Å². The first kappa shape index (κ1) is 10.9. The third kappa shape index (κ3) is 2.20. The Bertz CT molecular complexity index is 471. The lowest BCUT2D eigenvalue weighted by Gasteiger charge is -1.97. The standard InChI is InChI=1S/C10H9NS.C2H6/c1-7-2-3-9-8(6-7)4-5-11-10(9)12;1-2/h2-6H,1H3,(H,11,12);1-2H3. The summed E-state index contributed by atoms with van der Waals surface area (Å²) in [5.41, 5.74) is 1.27. The Morgan fingerprint density at radius 3 is 2.57 bits per heavy atom. The average molecular weight is 205 g/mol. The van der Waals surface area contributed by atoms with Gasteiger partial charge in [0.05, 0.1) is 0 Å². The van der Waals surface area contributed by atoms with Crippen LogP contribution in [0.3, 0.4) is 0 Å². The molecule has 0 unspecified atom stereocenters. The molecule has 0 aliphatic heterocycles. The predicted molar refractivity (Wildman–Crippen MR) is 65.2 cm³/mol. The Labute approximate surface area is 89.8 Å². The second-order valence-corrected chi connectivity index (χ2v) is 3.31. The van der Waals surface area contributed by atoms with Crippen molar-refractivity contribution in [3.05, 3.63) is 40.7 Å². The molecule has 0 bridgehead atoms. The highest BCUT2D eigenvalue weighted by Gasteiger charge is 1.93. The molecule has 0 fully saturated rings. The van der Waals surface area contributed by atoms with E-state index in [1.807, 2.05) is 26.1 Å². The van der Waals surface area contributed by atoms with Gasteiger partial charge in [-0.2, -0.15) is 0 Å². The molecule has 74 valence electrons. The molecule has 0 atom stereocenters. The van der Waals surface area contributed by atoms with Crippen LogP contribution in [0.15, 0.2) is 30.5 Å². The maximum atomic E-state index is 5.14. The van der Waals surface area contributed by atoms with Crippen molar-refractivity contribution < 1.29 is 0 Å². The van der Waals surface area contributed by atoms with E-state index < -0.39 is 0 Å². The number of benzene rings is 1. The molecule has 2 heteroatoms. The Kier molecular flexibility index (Phi) is 3.84. The van der Waals surface area contributed by atoms with Crippen LogP contribution in [-0.2, 0) is 0 Å². The minimum absolute atomic E-state index is 0.813. The number of aryl methyl sites for hydroxylation is 1. The molecular formula is C12H15NS. The molecule has 1 nitrogen and oxygen atoms in total. The second kappa shape index (κ2) is 4.91. The number of aromatic nitrogens is 1. The van der Waals surface area contributed by atoms with Gasteiger partial charge in [-0.1, -0.05) is 49.8 Å². The van der Waals surface area contributed by atoms with Gasteiger partial charge in [0, 0.05) is 11.6 Å². The smallest absolute Gasteiger partial charge is 0.111 e. The van der Waals surface area contributed by atoms with Crippen molar-refractivity contribution in [3.63, 3.8) is 0 Å². The molecule has 0 saturated heterocycles. The first-order valence-corrected chi connectivity index (χ1v) is 5.26. The molecule has 1 heterocycles. The van der Waals surface area contributed by atoms with Gasteiger partial charge < -0.3 is 4.98 Å². The van der Waals surface area contributed by atoms with E-state index in [1.54, 1.807) is 0 Å². The summed E-state index contributed by atoms with van der Waals surface area (Å²) in [6, 6.07) is 8.31. The van der Waals surface area contributed by atoms with E-state index in [0.717, 1.165) is 10.0 Å². The van der Waals surface area contributed by atoms with Crippen LogP contribution < -0.4 is 0 Å². The summed E-state index contributed by atoms with van der Waals surface area (Å²) in [6.07, 6.45) is 1.88. The van der Waals surface area contributed by atoms with E-state index in [4.69, 9.17) is 12.2 Å². The Balaban J connectivity index is 0.000000461. The van der Waals surface area contributed by atoms with E-state index in [9.17, 15) is 0 Å². The molecule has 0 aliphatic rings. The van der Waals surface area contributed by atoms with Gasteiger partial charge in [0.25, 0.3) is 0 Å². The summed E-state index contributed by atoms with van der Waals surface area (Å²) in [4.78, 5) is 3.01. The summed E-state index contributed by atoms with van der Waals surface area (Å²) in [7, 11) is 0. The zero-order chi connectivity index (χ0) is 10.6. The summed E-state index contributed by atoms with van der Waals surface area (Å²) in [6.45, 7) is 6.08. The fourth-order valence-electron chi connectivity index (χ4n) is 1.31. The second-order valence-electron chi connectivity index (χ2n) is 2.90. The lowest BCUT2D eigenvalue weighted by molar-refractivity contribution is 1.33. The molecule has 2 aromatic rings. The fraction of sp³-hybridized carbons (Fsp3) is 0.250. The van der Waals surface area contributed by atoms with Crippen molar-refractivity contribution >= 4 is 23.0 Å². The zero-order valence-corrected chi connectivity index (χ0v) is 9.61. The van der Waals surface area contributed by atoms with Gasteiger partial charge in [-0.3, -0.25) is 0 Å². The summed E-state index contributed by atoms with van der Waals surface area (Å²) >= 11 is 5.14. The maximum absolute atomic E-state index is 5.14. The van der Waals surface area contributed by atoms with Crippen molar-refractivity contribution in [2.24, 2.45) is 0 Å². The van der Waals surface area contributed by atoms with Crippen LogP contribution in [0.2, 0.25) is 0 Å². The van der Waals surface area contributed by atoms with Gasteiger partial charge in [0.15, 0.2) is 0 Å². The molecule has 0 saturated carbocycles. The zero-order valence-electron chi connectivity index (χ0n) is 8.79. The Hall–Kier alpha value is -1.15. The number of nitrogens with one attached hydrogen (secondary N) is 1. The predicted octanol–water partition coefficient (Wildman–Crippen LogP) is 4.23. The van der Waals surface area contributed by atoms with Crippen LogP contribution >= 0.6 is 12.2 Å². The Morgan fingerprint density at radius 2 is 1.86 bits per heavy atom. The minimum Gasteiger partial charge on any atom is -0.352 e. The molecule has 0 aliphatic carbocycles. The third-order valence-electron chi connectivity index (χ3n) is 1.93. The van der Waals surface area contributed by atoms with Gasteiger partial charge in [-0.25, -0.2) is 0 Å². The molecular weight excluding hydrogens is 190 g/mol. The van der Waals surface area contributed by atoms with E-state index >= 15 is 0 Å². The monoisotopic (exact) mass is 205 g/mol. The average Bonchev–Trinajstić information content (AvgIpc) is 2.21. The molecule has 1 aromatic heterocycles. The third-order valence-corrected chi connectivity index (χ3v) is 2.27. The van der Waals surface area contributed by atoms with Gasteiger partial charge >= 0.3 is 0 Å². The van der Waals surface area contributed by atoms with Crippen LogP contribution in [0, 0.1) is 11.6 Å². The molecule has 14 heavy (non-hydrogen) atoms. The quantitative estimate of drug-likeness (QED) is 0.636. The van der Waals surface area contributed by atoms with Crippen LogP contribution in [0.25, 0.3) is 10.8 Å². The van der Waals surface area contributed by atoms with Gasteiger partial charge in [0.2, 0.25) is 0 Å². The van der Waals surface area contributed by atoms with E-state index in [-0.39, 0.29) is 0 Å². The number of fused-ring (bicyclic) bond motifs is 1. The number of pyridine rings is 1. The van der Waals surface area contributed by atoms with Gasteiger partial charge in [-0.15, -0.1) is 0 Å². The SMILES string of the molecule is CC.Cc1ccc2c(=S)[nH]ccc2c1. The lowest BCUT2D eigenvalue weighted by Crippen LogP contribution is -1.78. The van der Waals surface area contributed by atoms with Crippen molar-refractivity contribution in [1.29, 1.82) is 0 Å². The first-order chi connectivity index (χ1) is 6.77. The number of hydrogen-bond donors (Lipinski definition) is 1. The molecule has 0 amide bonds. The fourth-order valence-corrected chi connectivity index (χ4v) is 1.57. The lowest BCUT2D eigenvalue weighted by atomic mass is 10.1. The largest absolute Gasteiger partial charge is 0.352 e. The Morgan fingerprint density at radius 1 is 1.14 bits per heavy atom. The summed E-state index contributed by atoms with van der Waals surface area (Å²) in [5.74, 6) is 0. The number of rotatable bonds is 0. The normalized spacial score (nSPS) is 9.36. The van der Waals surface area contributed by atoms with Crippen molar-refractivity contribution in [1.82, 2.24) is 4.98 Å². The topological polar surface area (TPSA) is 15.8 Å². The van der Waals surface area contributed by atoms with Gasteiger partial charge in [-0.05, 0) is 18.4 Å². The highest BCUT2D eigenvalue weighted by Crippen LogP contribution is 2.14.